The molecule has 7 heteroatoms. The maximum absolute atomic E-state index is 11.9. The Morgan fingerprint density at radius 1 is 1.22 bits per heavy atom. The standard InChI is InChI=1S/C20H18N2O5/c1-14-13-17(9-10-18(14)22(25)26)27-20(24)11-6-15-4-7-16(8-5-15)21-12-2-3-19(21)23/h4-11,13H,2-3,12H2,1H3/b11-6+. The van der Waals surface area contributed by atoms with Gasteiger partial charge in [0.2, 0.25) is 5.91 Å². The van der Waals surface area contributed by atoms with Crippen molar-refractivity contribution < 1.29 is 19.2 Å². The molecule has 1 heterocycles. The van der Waals surface area contributed by atoms with E-state index < -0.39 is 10.9 Å². The number of carbonyl (C=O) groups excluding carboxylic acids is 2. The highest BCUT2D eigenvalue weighted by Gasteiger charge is 2.21. The van der Waals surface area contributed by atoms with Crippen LogP contribution in [0.2, 0.25) is 0 Å². The lowest BCUT2D eigenvalue weighted by Crippen LogP contribution is -2.23. The van der Waals surface area contributed by atoms with Crippen molar-refractivity contribution in [3.05, 3.63) is 69.8 Å². The molecule has 0 N–H and O–H groups in total. The van der Waals surface area contributed by atoms with Crippen LogP contribution in [0.3, 0.4) is 0 Å². The van der Waals surface area contributed by atoms with Crippen molar-refractivity contribution in [1.82, 2.24) is 0 Å². The lowest BCUT2D eigenvalue weighted by molar-refractivity contribution is -0.385. The fourth-order valence-electron chi connectivity index (χ4n) is 2.90. The van der Waals surface area contributed by atoms with Crippen molar-refractivity contribution in [1.29, 1.82) is 0 Å². The van der Waals surface area contributed by atoms with Crippen LogP contribution in [0.5, 0.6) is 5.75 Å². The summed E-state index contributed by atoms with van der Waals surface area (Å²) >= 11 is 0. The Balaban J connectivity index is 1.62. The third-order valence-electron chi connectivity index (χ3n) is 4.27. The van der Waals surface area contributed by atoms with E-state index in [1.165, 1.54) is 24.3 Å². The number of anilines is 1. The molecule has 3 rings (SSSR count). The number of rotatable bonds is 5. The van der Waals surface area contributed by atoms with Gasteiger partial charge in [0.15, 0.2) is 0 Å². The summed E-state index contributed by atoms with van der Waals surface area (Å²) in [6.07, 6.45) is 4.34. The first kappa shape index (κ1) is 18.3. The van der Waals surface area contributed by atoms with E-state index in [9.17, 15) is 19.7 Å². The molecule has 0 spiro atoms. The molecule has 2 aromatic carbocycles. The summed E-state index contributed by atoms with van der Waals surface area (Å²) in [5.41, 5.74) is 2.03. The zero-order valence-electron chi connectivity index (χ0n) is 14.8. The van der Waals surface area contributed by atoms with E-state index in [-0.39, 0.29) is 17.3 Å². The summed E-state index contributed by atoms with van der Waals surface area (Å²) < 4.78 is 5.17. The van der Waals surface area contributed by atoms with E-state index in [2.05, 4.69) is 0 Å². The Labute approximate surface area is 156 Å². The second-order valence-electron chi connectivity index (χ2n) is 6.20. The van der Waals surface area contributed by atoms with Crippen LogP contribution in [0.4, 0.5) is 11.4 Å². The van der Waals surface area contributed by atoms with E-state index in [1.807, 2.05) is 24.3 Å². The summed E-state index contributed by atoms with van der Waals surface area (Å²) in [5.74, 6) is -0.210. The number of amides is 1. The number of nitro groups is 1. The van der Waals surface area contributed by atoms with Crippen LogP contribution in [0.1, 0.15) is 24.0 Å². The minimum atomic E-state index is -0.581. The molecule has 1 fully saturated rings. The van der Waals surface area contributed by atoms with Crippen molar-refractivity contribution in [2.75, 3.05) is 11.4 Å². The lowest BCUT2D eigenvalue weighted by Gasteiger charge is -2.15. The van der Waals surface area contributed by atoms with E-state index >= 15 is 0 Å². The topological polar surface area (TPSA) is 89.8 Å². The van der Waals surface area contributed by atoms with Gasteiger partial charge in [0, 0.05) is 36.4 Å². The second kappa shape index (κ2) is 7.82. The number of carbonyl (C=O) groups is 2. The number of esters is 1. The normalized spacial score (nSPS) is 14.0. The fraction of sp³-hybridized carbons (Fsp3) is 0.200. The van der Waals surface area contributed by atoms with E-state index in [0.717, 1.165) is 24.2 Å². The molecule has 1 aliphatic rings. The zero-order chi connectivity index (χ0) is 19.4. The number of nitro benzene ring substituents is 1. The van der Waals surface area contributed by atoms with Gasteiger partial charge in [-0.05, 0) is 49.2 Å². The number of nitrogens with zero attached hydrogens (tertiary/aromatic N) is 2. The van der Waals surface area contributed by atoms with Crippen molar-refractivity contribution in [3.63, 3.8) is 0 Å². The van der Waals surface area contributed by atoms with Gasteiger partial charge in [0.25, 0.3) is 5.69 Å². The predicted molar refractivity (Wildman–Crippen MR) is 101 cm³/mol. The average Bonchev–Trinajstić information content (AvgIpc) is 3.06. The van der Waals surface area contributed by atoms with Gasteiger partial charge < -0.3 is 9.64 Å². The average molecular weight is 366 g/mol. The van der Waals surface area contributed by atoms with Crippen LogP contribution < -0.4 is 9.64 Å². The molecule has 2 aromatic rings. The summed E-state index contributed by atoms with van der Waals surface area (Å²) in [6, 6.07) is 11.5. The summed E-state index contributed by atoms with van der Waals surface area (Å²) in [4.78, 5) is 35.8. The first-order valence-electron chi connectivity index (χ1n) is 8.49. The first-order valence-corrected chi connectivity index (χ1v) is 8.49. The highest BCUT2D eigenvalue weighted by atomic mass is 16.6. The number of benzene rings is 2. The molecule has 0 aromatic heterocycles. The molecule has 1 saturated heterocycles. The Morgan fingerprint density at radius 3 is 2.56 bits per heavy atom. The van der Waals surface area contributed by atoms with Crippen LogP contribution in [-0.4, -0.2) is 23.3 Å². The molecule has 1 amide bonds. The lowest BCUT2D eigenvalue weighted by atomic mass is 10.2. The third kappa shape index (κ3) is 4.38. The summed E-state index contributed by atoms with van der Waals surface area (Å²) in [7, 11) is 0. The number of hydrogen-bond acceptors (Lipinski definition) is 5. The molecular weight excluding hydrogens is 348 g/mol. The fourth-order valence-corrected chi connectivity index (χ4v) is 2.90. The second-order valence-corrected chi connectivity index (χ2v) is 6.20. The number of ether oxygens (including phenoxy) is 1. The van der Waals surface area contributed by atoms with Gasteiger partial charge in [-0.15, -0.1) is 0 Å². The van der Waals surface area contributed by atoms with Gasteiger partial charge in [0.05, 0.1) is 4.92 Å². The van der Waals surface area contributed by atoms with Gasteiger partial charge in [-0.1, -0.05) is 12.1 Å². The van der Waals surface area contributed by atoms with Gasteiger partial charge in [-0.3, -0.25) is 14.9 Å². The van der Waals surface area contributed by atoms with Crippen molar-refractivity contribution in [3.8, 4) is 5.75 Å². The molecular formula is C20H18N2O5. The van der Waals surface area contributed by atoms with Crippen molar-refractivity contribution in [2.45, 2.75) is 19.8 Å². The molecule has 0 radical (unpaired) electrons. The molecule has 0 atom stereocenters. The SMILES string of the molecule is Cc1cc(OC(=O)/C=C/c2ccc(N3CCCC3=O)cc2)ccc1[N+](=O)[O-]. The van der Waals surface area contributed by atoms with Crippen molar-refractivity contribution in [2.24, 2.45) is 0 Å². The monoisotopic (exact) mass is 366 g/mol. The Bertz CT molecular complexity index is 918. The molecule has 27 heavy (non-hydrogen) atoms. The minimum Gasteiger partial charge on any atom is -0.423 e. The van der Waals surface area contributed by atoms with Crippen LogP contribution in [-0.2, 0) is 9.59 Å². The van der Waals surface area contributed by atoms with Crippen LogP contribution in [0.15, 0.2) is 48.5 Å². The van der Waals surface area contributed by atoms with Crippen LogP contribution >= 0.6 is 0 Å². The van der Waals surface area contributed by atoms with Crippen molar-refractivity contribution >= 4 is 29.3 Å². The first-order chi connectivity index (χ1) is 12.9. The van der Waals surface area contributed by atoms with Gasteiger partial charge in [-0.25, -0.2) is 4.79 Å². The highest BCUT2D eigenvalue weighted by molar-refractivity contribution is 5.95. The maximum Gasteiger partial charge on any atom is 0.336 e. The molecule has 1 aliphatic heterocycles. The Morgan fingerprint density at radius 2 is 1.96 bits per heavy atom. The van der Waals surface area contributed by atoms with E-state index in [1.54, 1.807) is 17.9 Å². The van der Waals surface area contributed by atoms with Gasteiger partial charge in [0.1, 0.15) is 5.75 Å². The third-order valence-corrected chi connectivity index (χ3v) is 4.27. The highest BCUT2D eigenvalue weighted by Crippen LogP contribution is 2.24. The summed E-state index contributed by atoms with van der Waals surface area (Å²) in [5, 5.41) is 10.8. The predicted octanol–water partition coefficient (Wildman–Crippen LogP) is 3.65. The Hall–Kier alpha value is -3.48. The van der Waals surface area contributed by atoms with E-state index in [4.69, 9.17) is 4.74 Å². The zero-order valence-corrected chi connectivity index (χ0v) is 14.8. The molecule has 0 aliphatic carbocycles. The largest absolute Gasteiger partial charge is 0.423 e. The molecule has 7 nitrogen and oxygen atoms in total. The van der Waals surface area contributed by atoms with Crippen LogP contribution in [0.25, 0.3) is 6.08 Å². The molecule has 0 saturated carbocycles. The van der Waals surface area contributed by atoms with Gasteiger partial charge >= 0.3 is 5.97 Å². The molecule has 0 bridgehead atoms. The van der Waals surface area contributed by atoms with Gasteiger partial charge in [-0.2, -0.15) is 0 Å². The maximum atomic E-state index is 11.9. The number of aryl methyl sites for hydroxylation is 1. The molecule has 138 valence electrons. The summed E-state index contributed by atoms with van der Waals surface area (Å²) in [6.45, 7) is 2.31. The smallest absolute Gasteiger partial charge is 0.336 e. The van der Waals surface area contributed by atoms with E-state index in [0.29, 0.717) is 12.0 Å². The van der Waals surface area contributed by atoms with Crippen LogP contribution in [0, 0.1) is 17.0 Å². The number of hydrogen-bond donors (Lipinski definition) is 0. The molecule has 0 unspecified atom stereocenters. The quantitative estimate of drug-likeness (QED) is 0.265. The Kier molecular flexibility index (Phi) is 5.30. The minimum absolute atomic E-state index is 0.0260.